The van der Waals surface area contributed by atoms with Crippen LogP contribution in [0.25, 0.3) is 10.6 Å². The average molecular weight is 375 g/mol. The lowest BCUT2D eigenvalue weighted by atomic mass is 10.2. The number of methoxy groups -OCH3 is 1. The second-order valence-corrected chi connectivity index (χ2v) is 7.86. The minimum absolute atomic E-state index is 0.118. The van der Waals surface area contributed by atoms with Gasteiger partial charge in [0.15, 0.2) is 0 Å². The highest BCUT2D eigenvalue weighted by molar-refractivity contribution is 7.87. The maximum absolute atomic E-state index is 12.5. The second kappa shape index (κ2) is 6.85. The molecule has 0 aliphatic rings. The van der Waals surface area contributed by atoms with Gasteiger partial charge in [0, 0.05) is 16.6 Å². The molecular formula is C18H17NO4S2. The fourth-order valence-electron chi connectivity index (χ4n) is 2.34. The summed E-state index contributed by atoms with van der Waals surface area (Å²) < 4.78 is 35.4. The highest BCUT2D eigenvalue weighted by Crippen LogP contribution is 2.28. The van der Waals surface area contributed by atoms with Gasteiger partial charge in [-0.1, -0.05) is 0 Å². The number of ether oxygens (including phenoxy) is 1. The molecule has 0 fully saturated rings. The number of aromatic nitrogens is 1. The third-order valence-corrected chi connectivity index (χ3v) is 6.00. The first-order valence-corrected chi connectivity index (χ1v) is 9.79. The van der Waals surface area contributed by atoms with E-state index < -0.39 is 10.1 Å². The van der Waals surface area contributed by atoms with Gasteiger partial charge in [0.25, 0.3) is 0 Å². The van der Waals surface area contributed by atoms with E-state index in [4.69, 9.17) is 8.92 Å². The molecule has 0 aliphatic carbocycles. The molecule has 1 aromatic heterocycles. The molecule has 25 heavy (non-hydrogen) atoms. The number of hydrogen-bond donors (Lipinski definition) is 0. The zero-order chi connectivity index (χ0) is 18.0. The predicted molar refractivity (Wildman–Crippen MR) is 97.8 cm³/mol. The lowest BCUT2D eigenvalue weighted by molar-refractivity contribution is 0.414. The number of rotatable bonds is 5. The van der Waals surface area contributed by atoms with Crippen LogP contribution in [0.5, 0.6) is 11.5 Å². The van der Waals surface area contributed by atoms with Gasteiger partial charge in [-0.2, -0.15) is 8.42 Å². The van der Waals surface area contributed by atoms with Crippen molar-refractivity contribution in [3.8, 4) is 22.1 Å². The molecule has 0 unspecified atom stereocenters. The minimum atomic E-state index is -3.91. The van der Waals surface area contributed by atoms with Gasteiger partial charge in [0.1, 0.15) is 21.4 Å². The topological polar surface area (TPSA) is 65.5 Å². The standard InChI is InChI=1S/C18H17NO4S2/c1-12-10-16(22-3)8-9-17(12)25(20,21)23-15-6-4-14(5-7-15)18-19-13(2)11-24-18/h4-11H,1-3H3. The average Bonchev–Trinajstić information content (AvgIpc) is 3.01. The molecule has 2 aromatic carbocycles. The Hall–Kier alpha value is -2.38. The summed E-state index contributed by atoms with van der Waals surface area (Å²) in [5.41, 5.74) is 2.44. The molecule has 0 saturated heterocycles. The Bertz CT molecular complexity index is 992. The molecule has 5 nitrogen and oxygen atoms in total. The van der Waals surface area contributed by atoms with Crippen molar-refractivity contribution in [1.82, 2.24) is 4.98 Å². The van der Waals surface area contributed by atoms with Crippen LogP contribution in [0, 0.1) is 13.8 Å². The molecule has 0 amide bonds. The Morgan fingerprint density at radius 1 is 1.00 bits per heavy atom. The van der Waals surface area contributed by atoms with E-state index >= 15 is 0 Å². The summed E-state index contributed by atoms with van der Waals surface area (Å²) in [6.07, 6.45) is 0. The summed E-state index contributed by atoms with van der Waals surface area (Å²) in [5, 5.41) is 2.86. The van der Waals surface area contributed by atoms with Crippen LogP contribution in [0.2, 0.25) is 0 Å². The monoisotopic (exact) mass is 375 g/mol. The fraction of sp³-hybridized carbons (Fsp3) is 0.167. The van der Waals surface area contributed by atoms with Crippen LogP contribution in [-0.4, -0.2) is 20.5 Å². The van der Waals surface area contributed by atoms with Crippen LogP contribution >= 0.6 is 11.3 Å². The largest absolute Gasteiger partial charge is 0.497 e. The van der Waals surface area contributed by atoms with Gasteiger partial charge in [-0.3, -0.25) is 0 Å². The maximum atomic E-state index is 12.5. The van der Waals surface area contributed by atoms with Crippen LogP contribution in [0.1, 0.15) is 11.3 Å². The highest BCUT2D eigenvalue weighted by Gasteiger charge is 2.20. The Balaban J connectivity index is 1.83. The van der Waals surface area contributed by atoms with E-state index in [2.05, 4.69) is 4.98 Å². The maximum Gasteiger partial charge on any atom is 0.339 e. The fourth-order valence-corrected chi connectivity index (χ4v) is 4.29. The SMILES string of the molecule is COc1ccc(S(=O)(=O)Oc2ccc(-c3nc(C)cs3)cc2)c(C)c1. The first-order chi connectivity index (χ1) is 11.9. The van der Waals surface area contributed by atoms with Crippen molar-refractivity contribution in [3.63, 3.8) is 0 Å². The van der Waals surface area contributed by atoms with E-state index in [0.717, 1.165) is 16.3 Å². The van der Waals surface area contributed by atoms with Crippen molar-refractivity contribution in [2.24, 2.45) is 0 Å². The third kappa shape index (κ3) is 3.83. The van der Waals surface area contributed by atoms with Crippen LogP contribution in [0.3, 0.4) is 0 Å². The summed E-state index contributed by atoms with van der Waals surface area (Å²) in [7, 11) is -2.38. The molecule has 0 radical (unpaired) electrons. The van der Waals surface area contributed by atoms with Crippen molar-refractivity contribution >= 4 is 21.5 Å². The summed E-state index contributed by atoms with van der Waals surface area (Å²) in [5.74, 6) is 0.854. The predicted octanol–water partition coefficient (Wildman–Crippen LogP) is 4.20. The first-order valence-electron chi connectivity index (χ1n) is 7.51. The van der Waals surface area contributed by atoms with Gasteiger partial charge in [-0.15, -0.1) is 11.3 Å². The molecular weight excluding hydrogens is 358 g/mol. The van der Waals surface area contributed by atoms with E-state index in [0.29, 0.717) is 11.3 Å². The molecule has 3 aromatic rings. The number of benzene rings is 2. The summed E-state index contributed by atoms with van der Waals surface area (Å²) in [6.45, 7) is 3.63. The molecule has 0 atom stereocenters. The van der Waals surface area contributed by atoms with Gasteiger partial charge in [-0.05, 0) is 61.9 Å². The normalized spacial score (nSPS) is 11.3. The first kappa shape index (κ1) is 17.4. The Kier molecular flexibility index (Phi) is 4.78. The molecule has 0 aliphatic heterocycles. The van der Waals surface area contributed by atoms with Crippen LogP contribution in [0.15, 0.2) is 52.7 Å². The molecule has 3 rings (SSSR count). The molecule has 0 spiro atoms. The number of hydrogen-bond acceptors (Lipinski definition) is 6. The molecule has 0 saturated carbocycles. The molecule has 0 N–H and O–H groups in total. The summed E-state index contributed by atoms with van der Waals surface area (Å²) >= 11 is 1.54. The molecule has 130 valence electrons. The van der Waals surface area contributed by atoms with Gasteiger partial charge >= 0.3 is 10.1 Å². The Morgan fingerprint density at radius 2 is 1.68 bits per heavy atom. The smallest absolute Gasteiger partial charge is 0.339 e. The lowest BCUT2D eigenvalue weighted by Gasteiger charge is -2.10. The highest BCUT2D eigenvalue weighted by atomic mass is 32.2. The summed E-state index contributed by atoms with van der Waals surface area (Å²) in [4.78, 5) is 4.53. The molecule has 0 bridgehead atoms. The number of thiazole rings is 1. The lowest BCUT2D eigenvalue weighted by Crippen LogP contribution is -2.11. The van der Waals surface area contributed by atoms with Crippen LogP contribution < -0.4 is 8.92 Å². The van der Waals surface area contributed by atoms with Gasteiger partial charge in [0.05, 0.1) is 7.11 Å². The molecule has 1 heterocycles. The van der Waals surface area contributed by atoms with E-state index in [1.807, 2.05) is 12.3 Å². The van der Waals surface area contributed by atoms with Crippen molar-refractivity contribution in [2.45, 2.75) is 18.7 Å². The molecule has 7 heteroatoms. The van der Waals surface area contributed by atoms with Crippen LogP contribution in [0.4, 0.5) is 0 Å². The van der Waals surface area contributed by atoms with Gasteiger partial charge < -0.3 is 8.92 Å². The van der Waals surface area contributed by atoms with Crippen LogP contribution in [-0.2, 0) is 10.1 Å². The van der Waals surface area contributed by atoms with Crippen molar-refractivity contribution in [2.75, 3.05) is 7.11 Å². The van der Waals surface area contributed by atoms with E-state index in [-0.39, 0.29) is 10.6 Å². The van der Waals surface area contributed by atoms with Gasteiger partial charge in [0.2, 0.25) is 0 Å². The Morgan fingerprint density at radius 3 is 2.24 bits per heavy atom. The zero-order valence-corrected chi connectivity index (χ0v) is 15.6. The Labute approximate surface area is 151 Å². The zero-order valence-electron chi connectivity index (χ0n) is 14.0. The van der Waals surface area contributed by atoms with E-state index in [9.17, 15) is 8.42 Å². The van der Waals surface area contributed by atoms with Crippen molar-refractivity contribution < 1.29 is 17.3 Å². The third-order valence-electron chi connectivity index (χ3n) is 3.58. The van der Waals surface area contributed by atoms with Crippen molar-refractivity contribution in [1.29, 1.82) is 0 Å². The van der Waals surface area contributed by atoms with E-state index in [1.165, 1.54) is 13.2 Å². The number of aryl methyl sites for hydroxylation is 2. The summed E-state index contributed by atoms with van der Waals surface area (Å²) in [6, 6.07) is 11.6. The second-order valence-electron chi connectivity index (χ2n) is 5.49. The minimum Gasteiger partial charge on any atom is -0.497 e. The van der Waals surface area contributed by atoms with E-state index in [1.54, 1.807) is 54.7 Å². The number of nitrogens with zero attached hydrogens (tertiary/aromatic N) is 1. The van der Waals surface area contributed by atoms with Crippen molar-refractivity contribution in [3.05, 3.63) is 59.1 Å². The quantitative estimate of drug-likeness (QED) is 0.625. The van der Waals surface area contributed by atoms with Gasteiger partial charge in [-0.25, -0.2) is 4.98 Å².